The Morgan fingerprint density at radius 3 is 2.71 bits per heavy atom. The summed E-state index contributed by atoms with van der Waals surface area (Å²) in [7, 11) is 1.50. The van der Waals surface area contributed by atoms with Gasteiger partial charge in [-0.05, 0) is 13.0 Å². The number of fused-ring (bicyclic) bond motifs is 1. The van der Waals surface area contributed by atoms with Crippen LogP contribution in [0.2, 0.25) is 0 Å². The van der Waals surface area contributed by atoms with Gasteiger partial charge in [-0.1, -0.05) is 0 Å². The zero-order chi connectivity index (χ0) is 20.5. The molecule has 0 aliphatic heterocycles. The van der Waals surface area contributed by atoms with Gasteiger partial charge in [0.2, 0.25) is 11.6 Å². The van der Waals surface area contributed by atoms with E-state index in [1.165, 1.54) is 17.9 Å². The maximum Gasteiger partial charge on any atom is 0.417 e. The van der Waals surface area contributed by atoms with E-state index < -0.39 is 23.2 Å². The summed E-state index contributed by atoms with van der Waals surface area (Å²) in [6, 6.07) is 1.94. The standard InChI is InChI=1S/C17H15F3N4O4/c1-9-12(13-15(28-9)23-8-24(2)16(13)26)14(25)21-5-6-27-11-4-3-10(7-22-11)17(18,19)20/h3-4,7-8H,5-6H2,1-2H3,(H,21,25). The highest BCUT2D eigenvalue weighted by atomic mass is 19.4. The normalized spacial score (nSPS) is 11.6. The van der Waals surface area contributed by atoms with Gasteiger partial charge in [0, 0.05) is 19.3 Å². The van der Waals surface area contributed by atoms with Crippen LogP contribution >= 0.6 is 0 Å². The summed E-state index contributed by atoms with van der Waals surface area (Å²) in [5.41, 5.74) is -1.16. The lowest BCUT2D eigenvalue weighted by atomic mass is 10.2. The van der Waals surface area contributed by atoms with Crippen LogP contribution in [-0.4, -0.2) is 33.6 Å². The van der Waals surface area contributed by atoms with Crippen molar-refractivity contribution in [3.05, 3.63) is 51.9 Å². The number of nitrogens with one attached hydrogen (secondary N) is 1. The Hall–Kier alpha value is -3.37. The molecule has 0 atom stereocenters. The minimum absolute atomic E-state index is 0.00902. The van der Waals surface area contributed by atoms with Crippen LogP contribution in [-0.2, 0) is 13.2 Å². The maximum atomic E-state index is 12.5. The van der Waals surface area contributed by atoms with Gasteiger partial charge in [0.1, 0.15) is 24.1 Å². The molecule has 11 heteroatoms. The van der Waals surface area contributed by atoms with E-state index in [9.17, 15) is 22.8 Å². The van der Waals surface area contributed by atoms with Crippen LogP contribution in [0.5, 0.6) is 5.88 Å². The van der Waals surface area contributed by atoms with Crippen LogP contribution in [0.1, 0.15) is 21.7 Å². The highest BCUT2D eigenvalue weighted by Gasteiger charge is 2.30. The minimum atomic E-state index is -4.48. The van der Waals surface area contributed by atoms with E-state index >= 15 is 0 Å². The molecule has 148 valence electrons. The quantitative estimate of drug-likeness (QED) is 0.663. The molecule has 0 aliphatic carbocycles. The Morgan fingerprint density at radius 1 is 1.32 bits per heavy atom. The molecule has 28 heavy (non-hydrogen) atoms. The second-order valence-electron chi connectivity index (χ2n) is 5.86. The van der Waals surface area contributed by atoms with Gasteiger partial charge >= 0.3 is 6.18 Å². The molecule has 1 amide bonds. The molecule has 8 nitrogen and oxygen atoms in total. The van der Waals surface area contributed by atoms with Crippen LogP contribution in [0.3, 0.4) is 0 Å². The molecule has 0 saturated carbocycles. The third kappa shape index (κ3) is 3.82. The van der Waals surface area contributed by atoms with E-state index in [1.807, 2.05) is 0 Å². The topological polar surface area (TPSA) is 99.2 Å². The lowest BCUT2D eigenvalue weighted by Gasteiger charge is -2.09. The molecule has 3 rings (SSSR count). The first kappa shape index (κ1) is 19.4. The number of halogens is 3. The Balaban J connectivity index is 1.62. The summed E-state index contributed by atoms with van der Waals surface area (Å²) in [4.78, 5) is 32.2. The fourth-order valence-corrected chi connectivity index (χ4v) is 2.50. The molecule has 0 bridgehead atoms. The molecular weight excluding hydrogens is 381 g/mol. The highest BCUT2D eigenvalue weighted by Crippen LogP contribution is 2.29. The molecule has 3 heterocycles. The molecule has 0 saturated heterocycles. The first-order chi connectivity index (χ1) is 13.2. The number of furan rings is 1. The zero-order valence-electron chi connectivity index (χ0n) is 14.8. The Labute approximate surface area is 156 Å². The first-order valence-electron chi connectivity index (χ1n) is 8.07. The van der Waals surface area contributed by atoms with Crippen molar-refractivity contribution in [3.63, 3.8) is 0 Å². The number of rotatable bonds is 5. The number of alkyl halides is 3. The Kier molecular flexibility index (Phi) is 5.08. The average Bonchev–Trinajstić information content (AvgIpc) is 2.98. The van der Waals surface area contributed by atoms with Gasteiger partial charge in [0.15, 0.2) is 0 Å². The number of aromatic nitrogens is 3. The van der Waals surface area contributed by atoms with E-state index in [-0.39, 0.29) is 41.5 Å². The van der Waals surface area contributed by atoms with Crippen molar-refractivity contribution in [3.8, 4) is 5.88 Å². The van der Waals surface area contributed by atoms with Crippen molar-refractivity contribution in [2.45, 2.75) is 13.1 Å². The smallest absolute Gasteiger partial charge is 0.417 e. The molecule has 0 radical (unpaired) electrons. The number of amides is 1. The van der Waals surface area contributed by atoms with E-state index in [0.29, 0.717) is 6.20 Å². The van der Waals surface area contributed by atoms with Crippen LogP contribution in [0.25, 0.3) is 11.1 Å². The number of carbonyl (C=O) groups excluding carboxylic acids is 1. The van der Waals surface area contributed by atoms with Crippen LogP contribution in [0.4, 0.5) is 13.2 Å². The molecular formula is C17H15F3N4O4. The van der Waals surface area contributed by atoms with Gasteiger partial charge in [-0.15, -0.1) is 0 Å². The second-order valence-corrected chi connectivity index (χ2v) is 5.86. The SMILES string of the molecule is Cc1oc2ncn(C)c(=O)c2c1C(=O)NCCOc1ccc(C(F)(F)F)cn1. The molecule has 3 aromatic heterocycles. The number of hydrogen-bond donors (Lipinski definition) is 1. The molecule has 0 spiro atoms. The van der Waals surface area contributed by atoms with Crippen molar-refractivity contribution >= 4 is 17.0 Å². The number of hydrogen-bond acceptors (Lipinski definition) is 6. The summed E-state index contributed by atoms with van der Waals surface area (Å²) in [6.45, 7) is 1.54. The third-order valence-electron chi connectivity index (χ3n) is 3.88. The van der Waals surface area contributed by atoms with Gasteiger partial charge in [-0.2, -0.15) is 13.2 Å². The predicted molar refractivity (Wildman–Crippen MR) is 91.1 cm³/mol. The van der Waals surface area contributed by atoms with E-state index in [4.69, 9.17) is 9.15 Å². The van der Waals surface area contributed by atoms with E-state index in [2.05, 4.69) is 15.3 Å². The summed E-state index contributed by atoms with van der Waals surface area (Å²) in [5, 5.41) is 2.64. The largest absolute Gasteiger partial charge is 0.476 e. The maximum absolute atomic E-state index is 12.5. The van der Waals surface area contributed by atoms with Crippen LogP contribution in [0, 0.1) is 6.92 Å². The van der Waals surface area contributed by atoms with Crippen molar-refractivity contribution in [2.24, 2.45) is 7.05 Å². The predicted octanol–water partition coefficient (Wildman–Crippen LogP) is 2.06. The van der Waals surface area contributed by atoms with Gasteiger partial charge in [0.05, 0.1) is 17.7 Å². The van der Waals surface area contributed by atoms with Crippen molar-refractivity contribution in [1.82, 2.24) is 19.9 Å². The minimum Gasteiger partial charge on any atom is -0.476 e. The van der Waals surface area contributed by atoms with Crippen molar-refractivity contribution in [2.75, 3.05) is 13.2 Å². The second kappa shape index (κ2) is 7.33. The number of pyridine rings is 1. The number of nitrogens with zero attached hydrogens (tertiary/aromatic N) is 3. The summed E-state index contributed by atoms with van der Waals surface area (Å²) >= 11 is 0. The molecule has 3 aromatic rings. The van der Waals surface area contributed by atoms with Gasteiger partial charge in [0.25, 0.3) is 11.5 Å². The van der Waals surface area contributed by atoms with Crippen molar-refractivity contribution < 1.29 is 27.1 Å². The van der Waals surface area contributed by atoms with E-state index in [0.717, 1.165) is 12.1 Å². The summed E-state index contributed by atoms with van der Waals surface area (Å²) in [5.74, 6) is -0.316. The molecule has 0 aromatic carbocycles. The van der Waals surface area contributed by atoms with Gasteiger partial charge in [-0.25, -0.2) is 9.97 Å². The third-order valence-corrected chi connectivity index (χ3v) is 3.88. The number of ether oxygens (including phenoxy) is 1. The Morgan fingerprint density at radius 2 is 2.07 bits per heavy atom. The molecule has 0 unspecified atom stereocenters. The van der Waals surface area contributed by atoms with Gasteiger partial charge < -0.3 is 19.0 Å². The lowest BCUT2D eigenvalue weighted by molar-refractivity contribution is -0.137. The van der Waals surface area contributed by atoms with Crippen molar-refractivity contribution in [1.29, 1.82) is 0 Å². The van der Waals surface area contributed by atoms with Gasteiger partial charge in [-0.3, -0.25) is 9.59 Å². The summed E-state index contributed by atoms with van der Waals surface area (Å²) < 4.78 is 49.2. The molecule has 0 fully saturated rings. The number of carbonyl (C=O) groups is 1. The fourth-order valence-electron chi connectivity index (χ4n) is 2.50. The van der Waals surface area contributed by atoms with E-state index in [1.54, 1.807) is 6.92 Å². The average molecular weight is 396 g/mol. The zero-order valence-corrected chi connectivity index (χ0v) is 14.8. The summed E-state index contributed by atoms with van der Waals surface area (Å²) in [6.07, 6.45) is -2.52. The van der Waals surface area contributed by atoms with Crippen LogP contribution < -0.4 is 15.6 Å². The number of aryl methyl sites for hydroxylation is 2. The highest BCUT2D eigenvalue weighted by molar-refractivity contribution is 6.06. The molecule has 0 aliphatic rings. The monoisotopic (exact) mass is 396 g/mol. The Bertz CT molecular complexity index is 1070. The lowest BCUT2D eigenvalue weighted by Crippen LogP contribution is -2.29. The molecule has 1 N–H and O–H groups in total. The first-order valence-corrected chi connectivity index (χ1v) is 8.07. The van der Waals surface area contributed by atoms with Crippen LogP contribution in [0.15, 0.2) is 33.9 Å². The fraction of sp³-hybridized carbons (Fsp3) is 0.294.